The molecular weight excluding hydrogens is 274 g/mol. The van der Waals surface area contributed by atoms with Gasteiger partial charge in [0.2, 0.25) is 0 Å². The van der Waals surface area contributed by atoms with E-state index >= 15 is 0 Å². The van der Waals surface area contributed by atoms with Crippen LogP contribution in [0.4, 0.5) is 0 Å². The van der Waals surface area contributed by atoms with E-state index in [9.17, 15) is 5.11 Å². The van der Waals surface area contributed by atoms with Crippen molar-refractivity contribution in [1.82, 2.24) is 4.90 Å². The first kappa shape index (κ1) is 15.2. The van der Waals surface area contributed by atoms with Gasteiger partial charge in [-0.3, -0.25) is 4.90 Å². The van der Waals surface area contributed by atoms with E-state index in [0.717, 1.165) is 38.4 Å². The molecule has 0 bridgehead atoms. The third-order valence-corrected chi connectivity index (χ3v) is 4.29. The predicted molar refractivity (Wildman–Crippen MR) is 88.6 cm³/mol. The zero-order valence-corrected chi connectivity index (χ0v) is 13.1. The van der Waals surface area contributed by atoms with E-state index in [4.69, 9.17) is 4.74 Å². The number of morpholine rings is 1. The van der Waals surface area contributed by atoms with Gasteiger partial charge in [0.05, 0.1) is 19.8 Å². The highest BCUT2D eigenvalue weighted by Crippen LogP contribution is 2.29. The summed E-state index contributed by atoms with van der Waals surface area (Å²) >= 11 is 0. The topological polar surface area (TPSA) is 32.7 Å². The van der Waals surface area contributed by atoms with Gasteiger partial charge in [-0.1, -0.05) is 42.5 Å². The molecule has 1 saturated heterocycles. The Morgan fingerprint density at radius 1 is 1.05 bits per heavy atom. The summed E-state index contributed by atoms with van der Waals surface area (Å²) < 4.78 is 5.43. The average molecular weight is 297 g/mol. The van der Waals surface area contributed by atoms with E-state index in [-0.39, 0.29) is 6.61 Å². The molecule has 3 rings (SSSR count). The van der Waals surface area contributed by atoms with Gasteiger partial charge in [-0.2, -0.15) is 0 Å². The summed E-state index contributed by atoms with van der Waals surface area (Å²) in [4.78, 5) is 2.42. The molecule has 0 spiro atoms. The maximum Gasteiger partial charge on any atom is 0.0681 e. The Morgan fingerprint density at radius 3 is 2.55 bits per heavy atom. The molecule has 116 valence electrons. The molecule has 1 fully saturated rings. The van der Waals surface area contributed by atoms with Crippen molar-refractivity contribution in [2.24, 2.45) is 0 Å². The maximum atomic E-state index is 9.45. The van der Waals surface area contributed by atoms with E-state index in [2.05, 4.69) is 48.2 Å². The van der Waals surface area contributed by atoms with Gasteiger partial charge in [-0.25, -0.2) is 0 Å². The van der Waals surface area contributed by atoms with Gasteiger partial charge in [0.25, 0.3) is 0 Å². The van der Waals surface area contributed by atoms with Crippen LogP contribution in [0, 0.1) is 6.92 Å². The molecule has 1 N–H and O–H groups in total. The molecule has 0 saturated carbocycles. The first-order chi connectivity index (χ1) is 10.8. The second kappa shape index (κ2) is 7.05. The smallest absolute Gasteiger partial charge is 0.0681 e. The largest absolute Gasteiger partial charge is 0.392 e. The van der Waals surface area contributed by atoms with Gasteiger partial charge >= 0.3 is 0 Å². The van der Waals surface area contributed by atoms with Crippen LogP contribution in [-0.2, 0) is 17.9 Å². The zero-order valence-electron chi connectivity index (χ0n) is 13.1. The lowest BCUT2D eigenvalue weighted by atomic mass is 9.94. The number of benzene rings is 2. The normalized spacial score (nSPS) is 15.9. The first-order valence-corrected chi connectivity index (χ1v) is 7.86. The quantitative estimate of drug-likeness (QED) is 0.941. The Labute approximate surface area is 132 Å². The van der Waals surface area contributed by atoms with Crippen molar-refractivity contribution in [2.75, 3.05) is 26.3 Å². The van der Waals surface area contributed by atoms with E-state index in [1.54, 1.807) is 0 Å². The maximum absolute atomic E-state index is 9.45. The molecule has 3 nitrogen and oxygen atoms in total. The van der Waals surface area contributed by atoms with Crippen LogP contribution in [0.1, 0.15) is 16.7 Å². The van der Waals surface area contributed by atoms with Crippen molar-refractivity contribution in [1.29, 1.82) is 0 Å². The minimum absolute atomic E-state index is 0.0875. The minimum atomic E-state index is 0.0875. The third kappa shape index (κ3) is 3.38. The molecule has 1 aliphatic heterocycles. The van der Waals surface area contributed by atoms with Gasteiger partial charge in [0, 0.05) is 19.6 Å². The summed E-state index contributed by atoms with van der Waals surface area (Å²) in [6.45, 7) is 6.69. The molecule has 0 radical (unpaired) electrons. The fourth-order valence-electron chi connectivity index (χ4n) is 3.01. The number of hydrogen-bond donors (Lipinski definition) is 1. The Bertz CT molecular complexity index is 633. The van der Waals surface area contributed by atoms with Crippen LogP contribution >= 0.6 is 0 Å². The second-order valence-electron chi connectivity index (χ2n) is 5.85. The summed E-state index contributed by atoms with van der Waals surface area (Å²) in [7, 11) is 0. The molecule has 1 heterocycles. The molecule has 0 amide bonds. The summed E-state index contributed by atoms with van der Waals surface area (Å²) in [5, 5.41) is 9.45. The van der Waals surface area contributed by atoms with Crippen LogP contribution in [0.3, 0.4) is 0 Å². The second-order valence-corrected chi connectivity index (χ2v) is 5.85. The van der Waals surface area contributed by atoms with Gasteiger partial charge in [0.1, 0.15) is 0 Å². The lowest BCUT2D eigenvalue weighted by Crippen LogP contribution is -2.35. The Kier molecular flexibility index (Phi) is 4.88. The average Bonchev–Trinajstić information content (AvgIpc) is 2.56. The molecule has 0 aliphatic carbocycles. The van der Waals surface area contributed by atoms with Gasteiger partial charge in [0.15, 0.2) is 0 Å². The SMILES string of the molecule is Cc1ccccc1-c1ccc(CO)cc1CN1CCOCC1. The number of hydrogen-bond acceptors (Lipinski definition) is 3. The summed E-state index contributed by atoms with van der Waals surface area (Å²) in [6.07, 6.45) is 0. The number of nitrogens with zero attached hydrogens (tertiary/aromatic N) is 1. The molecule has 22 heavy (non-hydrogen) atoms. The molecule has 3 heteroatoms. The molecule has 0 atom stereocenters. The Balaban J connectivity index is 1.96. The van der Waals surface area contributed by atoms with E-state index in [1.165, 1.54) is 22.3 Å². The fourth-order valence-corrected chi connectivity index (χ4v) is 3.01. The lowest BCUT2D eigenvalue weighted by molar-refractivity contribution is 0.0342. The Hall–Kier alpha value is -1.68. The van der Waals surface area contributed by atoms with Gasteiger partial charge in [-0.05, 0) is 34.7 Å². The standard InChI is InChI=1S/C19H23NO2/c1-15-4-2-3-5-18(15)19-7-6-16(14-21)12-17(19)13-20-8-10-22-11-9-20/h2-7,12,21H,8-11,13-14H2,1H3. The summed E-state index contributed by atoms with van der Waals surface area (Å²) in [5.41, 5.74) is 6.07. The van der Waals surface area contributed by atoms with Crippen LogP contribution in [0.2, 0.25) is 0 Å². The van der Waals surface area contributed by atoms with Crippen LogP contribution < -0.4 is 0 Å². The van der Waals surface area contributed by atoms with Crippen molar-refractivity contribution in [3.05, 3.63) is 59.2 Å². The first-order valence-electron chi connectivity index (χ1n) is 7.86. The highest BCUT2D eigenvalue weighted by Gasteiger charge is 2.15. The molecule has 2 aromatic carbocycles. The monoisotopic (exact) mass is 297 g/mol. The van der Waals surface area contributed by atoms with E-state index in [0.29, 0.717) is 0 Å². The lowest BCUT2D eigenvalue weighted by Gasteiger charge is -2.28. The number of aliphatic hydroxyl groups is 1. The molecule has 0 aromatic heterocycles. The molecule has 0 unspecified atom stereocenters. The third-order valence-electron chi connectivity index (χ3n) is 4.29. The van der Waals surface area contributed by atoms with Crippen LogP contribution in [-0.4, -0.2) is 36.3 Å². The summed E-state index contributed by atoms with van der Waals surface area (Å²) in [6, 6.07) is 14.8. The number of aliphatic hydroxyl groups excluding tert-OH is 1. The predicted octanol–water partition coefficient (Wildman–Crippen LogP) is 2.99. The van der Waals surface area contributed by atoms with Crippen molar-refractivity contribution < 1.29 is 9.84 Å². The van der Waals surface area contributed by atoms with Crippen molar-refractivity contribution in [3.63, 3.8) is 0 Å². The summed E-state index contributed by atoms with van der Waals surface area (Å²) in [5.74, 6) is 0. The van der Waals surface area contributed by atoms with Crippen molar-refractivity contribution in [2.45, 2.75) is 20.1 Å². The highest BCUT2D eigenvalue weighted by molar-refractivity contribution is 5.70. The van der Waals surface area contributed by atoms with Crippen LogP contribution in [0.15, 0.2) is 42.5 Å². The number of rotatable bonds is 4. The molecular formula is C19H23NO2. The van der Waals surface area contributed by atoms with E-state index < -0.39 is 0 Å². The van der Waals surface area contributed by atoms with Crippen molar-refractivity contribution in [3.8, 4) is 11.1 Å². The van der Waals surface area contributed by atoms with Gasteiger partial charge < -0.3 is 9.84 Å². The zero-order chi connectivity index (χ0) is 15.4. The van der Waals surface area contributed by atoms with E-state index in [1.807, 2.05) is 6.07 Å². The fraction of sp³-hybridized carbons (Fsp3) is 0.368. The highest BCUT2D eigenvalue weighted by atomic mass is 16.5. The van der Waals surface area contributed by atoms with Crippen LogP contribution in [0.25, 0.3) is 11.1 Å². The Morgan fingerprint density at radius 2 is 1.82 bits per heavy atom. The van der Waals surface area contributed by atoms with Crippen LogP contribution in [0.5, 0.6) is 0 Å². The number of aryl methyl sites for hydroxylation is 1. The van der Waals surface area contributed by atoms with Gasteiger partial charge in [-0.15, -0.1) is 0 Å². The molecule has 1 aliphatic rings. The molecule has 2 aromatic rings. The number of ether oxygens (including phenoxy) is 1. The van der Waals surface area contributed by atoms with Crippen molar-refractivity contribution >= 4 is 0 Å². The minimum Gasteiger partial charge on any atom is -0.392 e.